The standard InChI is InChI=1S/C59H113NO5/c1-3-5-7-9-11-13-15-17-18-19-20-21-22-23-24-25-26-27-28-29-30-31-32-33-34-35-36-37-38-39-41-43-45-47-49-51-53-57(63)59(65)60-55(54-61)58(64)56(62)52-50-48-46-44-42-40-16-14-12-10-8-6-4-2/h24-25,27-28,44,46,55-58,61-64H,3-23,26,29-43,45,47-54H2,1-2H3,(H,60,65)/b25-24-,28-27-,46-44+. The largest absolute Gasteiger partial charge is 0.394 e. The molecular weight excluding hydrogens is 803 g/mol. The third-order valence-corrected chi connectivity index (χ3v) is 13.6. The highest BCUT2D eigenvalue weighted by Crippen LogP contribution is 2.17. The van der Waals surface area contributed by atoms with Gasteiger partial charge in [0.25, 0.3) is 0 Å². The highest BCUT2D eigenvalue weighted by molar-refractivity contribution is 5.80. The van der Waals surface area contributed by atoms with E-state index in [1.54, 1.807) is 0 Å². The summed E-state index contributed by atoms with van der Waals surface area (Å²) in [6, 6.07) is -1.00. The number of hydrogen-bond acceptors (Lipinski definition) is 5. The zero-order valence-corrected chi connectivity index (χ0v) is 43.5. The van der Waals surface area contributed by atoms with Gasteiger partial charge in [-0.25, -0.2) is 0 Å². The lowest BCUT2D eigenvalue weighted by molar-refractivity contribution is -0.132. The molecule has 0 aliphatic rings. The lowest BCUT2D eigenvalue weighted by Gasteiger charge is -2.27. The van der Waals surface area contributed by atoms with Crippen LogP contribution in [0.5, 0.6) is 0 Å². The van der Waals surface area contributed by atoms with Gasteiger partial charge in [-0.3, -0.25) is 4.79 Å². The van der Waals surface area contributed by atoms with Crippen LogP contribution in [0.4, 0.5) is 0 Å². The number of aliphatic hydroxyl groups excluding tert-OH is 4. The van der Waals surface area contributed by atoms with Gasteiger partial charge in [-0.15, -0.1) is 0 Å². The Morgan fingerprint density at radius 2 is 0.677 bits per heavy atom. The van der Waals surface area contributed by atoms with Crippen molar-refractivity contribution in [3.8, 4) is 0 Å². The van der Waals surface area contributed by atoms with Gasteiger partial charge in [0.05, 0.1) is 18.8 Å². The molecule has 0 rings (SSSR count). The van der Waals surface area contributed by atoms with Gasteiger partial charge in [-0.05, 0) is 70.6 Å². The SMILES string of the molecule is CCCCCCCCCC/C=C/CCCC(O)C(O)C(CO)NC(=O)C(O)CCCCCCCCCCCCCCCCCC/C=C\C/C=C\CCCCCCCCCCCCCCC. The molecule has 0 aliphatic heterocycles. The van der Waals surface area contributed by atoms with E-state index in [9.17, 15) is 25.2 Å². The molecular formula is C59H113NO5. The van der Waals surface area contributed by atoms with Crippen molar-refractivity contribution in [3.05, 3.63) is 36.5 Å². The molecule has 4 atom stereocenters. The van der Waals surface area contributed by atoms with Crippen molar-refractivity contribution in [2.75, 3.05) is 6.61 Å². The zero-order valence-electron chi connectivity index (χ0n) is 43.5. The Labute approximate surface area is 405 Å². The van der Waals surface area contributed by atoms with Crippen molar-refractivity contribution in [3.63, 3.8) is 0 Å². The highest BCUT2D eigenvalue weighted by Gasteiger charge is 2.28. The van der Waals surface area contributed by atoms with Crippen molar-refractivity contribution >= 4 is 5.91 Å². The lowest BCUT2D eigenvalue weighted by Crippen LogP contribution is -2.53. The minimum absolute atomic E-state index is 0.364. The molecule has 0 spiro atoms. The Hall–Kier alpha value is -1.47. The predicted molar refractivity (Wildman–Crippen MR) is 284 cm³/mol. The first-order valence-corrected chi connectivity index (χ1v) is 28.9. The average molecular weight is 917 g/mol. The van der Waals surface area contributed by atoms with Crippen molar-refractivity contribution in [2.45, 2.75) is 327 Å². The van der Waals surface area contributed by atoms with Crippen LogP contribution >= 0.6 is 0 Å². The van der Waals surface area contributed by atoms with Crippen LogP contribution in [0.15, 0.2) is 36.5 Å². The van der Waals surface area contributed by atoms with E-state index < -0.39 is 36.9 Å². The second-order valence-electron chi connectivity index (χ2n) is 20.0. The number of carbonyl (C=O) groups is 1. The Morgan fingerprint density at radius 3 is 1.02 bits per heavy atom. The molecule has 5 N–H and O–H groups in total. The van der Waals surface area contributed by atoms with Gasteiger partial charge in [-0.2, -0.15) is 0 Å². The van der Waals surface area contributed by atoms with Crippen molar-refractivity contribution in [2.24, 2.45) is 0 Å². The Kier molecular flexibility index (Phi) is 52.3. The third kappa shape index (κ3) is 47.4. The van der Waals surface area contributed by atoms with E-state index in [0.717, 1.165) is 44.9 Å². The molecule has 4 unspecified atom stereocenters. The number of amides is 1. The number of carbonyl (C=O) groups excluding carboxylic acids is 1. The van der Waals surface area contributed by atoms with Crippen LogP contribution in [0.2, 0.25) is 0 Å². The Balaban J connectivity index is 3.55. The second kappa shape index (κ2) is 53.5. The fraction of sp³-hybridized carbons (Fsp3) is 0.881. The number of nitrogens with one attached hydrogen (secondary N) is 1. The maximum absolute atomic E-state index is 12.6. The van der Waals surface area contributed by atoms with Crippen LogP contribution in [0.3, 0.4) is 0 Å². The molecule has 0 aliphatic carbocycles. The predicted octanol–water partition coefficient (Wildman–Crippen LogP) is 16.8. The quantitative estimate of drug-likeness (QED) is 0.0308. The van der Waals surface area contributed by atoms with E-state index >= 15 is 0 Å². The first-order valence-electron chi connectivity index (χ1n) is 28.9. The Morgan fingerprint density at radius 1 is 0.385 bits per heavy atom. The molecule has 0 bridgehead atoms. The van der Waals surface area contributed by atoms with Crippen LogP contribution in [0.25, 0.3) is 0 Å². The molecule has 0 aromatic rings. The first-order chi connectivity index (χ1) is 32.0. The molecule has 6 nitrogen and oxygen atoms in total. The number of hydrogen-bond donors (Lipinski definition) is 5. The summed E-state index contributed by atoms with van der Waals surface area (Å²) < 4.78 is 0. The average Bonchev–Trinajstić information content (AvgIpc) is 3.31. The molecule has 0 saturated heterocycles. The summed E-state index contributed by atoms with van der Waals surface area (Å²) >= 11 is 0. The van der Waals surface area contributed by atoms with Crippen LogP contribution in [0, 0.1) is 0 Å². The zero-order chi connectivity index (χ0) is 47.4. The van der Waals surface area contributed by atoms with Crippen molar-refractivity contribution in [1.29, 1.82) is 0 Å². The van der Waals surface area contributed by atoms with E-state index in [4.69, 9.17) is 0 Å². The lowest BCUT2D eigenvalue weighted by atomic mass is 10.00. The van der Waals surface area contributed by atoms with Gasteiger partial charge in [0.2, 0.25) is 5.91 Å². The maximum Gasteiger partial charge on any atom is 0.249 e. The van der Waals surface area contributed by atoms with Crippen LogP contribution in [-0.4, -0.2) is 57.3 Å². The summed E-state index contributed by atoms with van der Waals surface area (Å²) in [5.74, 6) is -0.591. The van der Waals surface area contributed by atoms with Crippen LogP contribution in [0.1, 0.15) is 303 Å². The molecule has 0 heterocycles. The van der Waals surface area contributed by atoms with Gasteiger partial charge in [0.1, 0.15) is 12.2 Å². The van der Waals surface area contributed by atoms with Crippen molar-refractivity contribution < 1.29 is 25.2 Å². The summed E-state index contributed by atoms with van der Waals surface area (Å²) in [6.07, 6.45) is 66.7. The Bertz CT molecular complexity index is 1030. The van der Waals surface area contributed by atoms with Crippen LogP contribution in [-0.2, 0) is 4.79 Å². The van der Waals surface area contributed by atoms with E-state index in [1.807, 2.05) is 0 Å². The van der Waals surface area contributed by atoms with E-state index in [1.165, 1.54) is 231 Å². The molecule has 384 valence electrons. The van der Waals surface area contributed by atoms with Gasteiger partial charge in [0.15, 0.2) is 0 Å². The molecule has 0 saturated carbocycles. The second-order valence-corrected chi connectivity index (χ2v) is 20.0. The van der Waals surface area contributed by atoms with Crippen LogP contribution < -0.4 is 5.32 Å². The highest BCUT2D eigenvalue weighted by atomic mass is 16.3. The van der Waals surface area contributed by atoms with Gasteiger partial charge in [0, 0.05) is 0 Å². The summed E-state index contributed by atoms with van der Waals surface area (Å²) in [4.78, 5) is 12.6. The minimum atomic E-state index is -1.28. The van der Waals surface area contributed by atoms with Crippen molar-refractivity contribution in [1.82, 2.24) is 5.32 Å². The molecule has 0 aromatic heterocycles. The maximum atomic E-state index is 12.6. The molecule has 6 heteroatoms. The fourth-order valence-corrected chi connectivity index (χ4v) is 9.03. The number of rotatable bonds is 53. The summed E-state index contributed by atoms with van der Waals surface area (Å²) in [5, 5.41) is 43.8. The molecule has 0 fully saturated rings. The first kappa shape index (κ1) is 63.5. The van der Waals surface area contributed by atoms with E-state index in [2.05, 4.69) is 55.6 Å². The molecule has 0 aromatic carbocycles. The number of unbranched alkanes of at least 4 members (excludes halogenated alkanes) is 38. The monoisotopic (exact) mass is 916 g/mol. The fourth-order valence-electron chi connectivity index (χ4n) is 9.03. The summed E-state index contributed by atoms with van der Waals surface area (Å²) in [7, 11) is 0. The summed E-state index contributed by atoms with van der Waals surface area (Å²) in [5.41, 5.74) is 0. The topological polar surface area (TPSA) is 110 Å². The van der Waals surface area contributed by atoms with E-state index in [-0.39, 0.29) is 0 Å². The van der Waals surface area contributed by atoms with Gasteiger partial charge in [-0.1, -0.05) is 269 Å². The van der Waals surface area contributed by atoms with Gasteiger partial charge >= 0.3 is 0 Å². The molecule has 65 heavy (non-hydrogen) atoms. The third-order valence-electron chi connectivity index (χ3n) is 13.6. The minimum Gasteiger partial charge on any atom is -0.394 e. The normalized spacial score (nSPS) is 14.0. The van der Waals surface area contributed by atoms with Gasteiger partial charge < -0.3 is 25.7 Å². The molecule has 1 amide bonds. The number of aliphatic hydroxyl groups is 4. The molecule has 0 radical (unpaired) electrons. The smallest absolute Gasteiger partial charge is 0.249 e. The number of allylic oxidation sites excluding steroid dienone is 6. The summed E-state index contributed by atoms with van der Waals surface area (Å²) in [6.45, 7) is 4.05. The van der Waals surface area contributed by atoms with E-state index in [0.29, 0.717) is 12.8 Å².